The van der Waals surface area contributed by atoms with Gasteiger partial charge in [0.1, 0.15) is 22.9 Å². The van der Waals surface area contributed by atoms with Crippen LogP contribution in [0.15, 0.2) is 41.6 Å². The highest BCUT2D eigenvalue weighted by Gasteiger charge is 2.55. The third-order valence-corrected chi connectivity index (χ3v) is 6.99. The molecule has 2 unspecified atom stereocenters. The average Bonchev–Trinajstić information content (AvgIpc) is 2.64. The average molecular weight is 506 g/mol. The number of benzene rings is 1. The zero-order chi connectivity index (χ0) is 18.8. The maximum Gasteiger partial charge on any atom is 0.352 e. The number of amides is 2. The summed E-state index contributed by atoms with van der Waals surface area (Å²) in [7, 11) is 0. The third-order valence-electron chi connectivity index (χ3n) is 3.90. The van der Waals surface area contributed by atoms with Gasteiger partial charge in [-0.1, -0.05) is 50.1 Å². The Morgan fingerprint density at radius 3 is 2.62 bits per heavy atom. The lowest BCUT2D eigenvalue weighted by molar-refractivity contribution is -0.151. The predicted octanol–water partition coefficient (Wildman–Crippen LogP) is 1.92. The van der Waals surface area contributed by atoms with E-state index in [1.165, 1.54) is 16.7 Å². The highest BCUT2D eigenvalue weighted by molar-refractivity contribution is 9.11. The monoisotopic (exact) mass is 504 g/mol. The summed E-state index contributed by atoms with van der Waals surface area (Å²) >= 11 is 8.07. The maximum atomic E-state index is 12.4. The SMILES string of the molecule is O=C(COc1ccccc1)NC1C(=O)N2C(C(=O)O)=C(CBr)C(Br)S[C@@H]12. The molecule has 1 aromatic rings. The molecule has 1 fully saturated rings. The fraction of sp³-hybridized carbons (Fsp3) is 0.312. The van der Waals surface area contributed by atoms with Crippen LogP contribution in [0, 0.1) is 0 Å². The second kappa shape index (κ2) is 8.01. The number of aliphatic carboxylic acids is 1. The number of carbonyl (C=O) groups is 3. The van der Waals surface area contributed by atoms with Gasteiger partial charge in [-0.2, -0.15) is 0 Å². The van der Waals surface area contributed by atoms with Crippen LogP contribution >= 0.6 is 43.6 Å². The number of carboxylic acid groups (broad SMARTS) is 1. The van der Waals surface area contributed by atoms with E-state index >= 15 is 0 Å². The van der Waals surface area contributed by atoms with E-state index in [1.54, 1.807) is 24.3 Å². The van der Waals surface area contributed by atoms with Gasteiger partial charge in [0, 0.05) is 5.33 Å². The van der Waals surface area contributed by atoms with Crippen LogP contribution in [0.25, 0.3) is 0 Å². The van der Waals surface area contributed by atoms with E-state index in [2.05, 4.69) is 37.2 Å². The molecule has 10 heteroatoms. The first-order chi connectivity index (χ1) is 12.4. The van der Waals surface area contributed by atoms with Gasteiger partial charge >= 0.3 is 5.97 Å². The van der Waals surface area contributed by atoms with E-state index in [9.17, 15) is 19.5 Å². The molecule has 2 heterocycles. The Morgan fingerprint density at radius 2 is 2.00 bits per heavy atom. The molecule has 3 rings (SSSR count). The van der Waals surface area contributed by atoms with Crippen LogP contribution in [0.1, 0.15) is 0 Å². The molecule has 2 N–H and O–H groups in total. The van der Waals surface area contributed by atoms with Crippen molar-refractivity contribution in [3.05, 3.63) is 41.6 Å². The van der Waals surface area contributed by atoms with Gasteiger partial charge in [0.05, 0.1) is 4.16 Å². The lowest BCUT2D eigenvalue weighted by atomic mass is 10.0. The fourth-order valence-corrected chi connectivity index (χ4v) is 6.24. The fourth-order valence-electron chi connectivity index (χ4n) is 2.69. The number of hydrogen-bond acceptors (Lipinski definition) is 5. The molecule has 1 aromatic carbocycles. The number of thioether (sulfide) groups is 1. The van der Waals surface area contributed by atoms with Crippen LogP contribution in [0.3, 0.4) is 0 Å². The van der Waals surface area contributed by atoms with Crippen LogP contribution in [-0.2, 0) is 14.4 Å². The number of para-hydroxylation sites is 1. The first-order valence-electron chi connectivity index (χ1n) is 7.56. The molecule has 0 bridgehead atoms. The van der Waals surface area contributed by atoms with Gasteiger partial charge in [-0.15, -0.1) is 11.8 Å². The van der Waals surface area contributed by atoms with Gasteiger partial charge in [0.25, 0.3) is 11.8 Å². The normalized spacial score (nSPS) is 24.6. The maximum absolute atomic E-state index is 12.4. The van der Waals surface area contributed by atoms with Crippen molar-refractivity contribution in [2.45, 2.75) is 15.6 Å². The molecule has 0 aromatic heterocycles. The molecule has 0 radical (unpaired) electrons. The summed E-state index contributed by atoms with van der Waals surface area (Å²) in [6, 6.07) is 8.08. The molecule has 0 saturated carbocycles. The summed E-state index contributed by atoms with van der Waals surface area (Å²) in [5.74, 6) is -1.49. The Labute approximate surface area is 170 Å². The Morgan fingerprint density at radius 1 is 1.31 bits per heavy atom. The van der Waals surface area contributed by atoms with E-state index in [0.717, 1.165) is 0 Å². The first kappa shape index (κ1) is 19.2. The quantitative estimate of drug-likeness (QED) is 0.453. The number of alkyl halides is 2. The van der Waals surface area contributed by atoms with E-state index in [0.29, 0.717) is 16.7 Å². The van der Waals surface area contributed by atoms with Crippen molar-refractivity contribution in [3.8, 4) is 5.75 Å². The van der Waals surface area contributed by atoms with Crippen molar-refractivity contribution in [2.75, 3.05) is 11.9 Å². The number of β-lactam (4-membered cyclic amide) rings is 1. The van der Waals surface area contributed by atoms with Gasteiger partial charge in [0.2, 0.25) is 0 Å². The number of nitrogens with one attached hydrogen (secondary N) is 1. The Kier molecular flexibility index (Phi) is 5.93. The van der Waals surface area contributed by atoms with E-state index in [1.807, 2.05) is 6.07 Å². The molecular weight excluding hydrogens is 492 g/mol. The molecule has 0 aliphatic carbocycles. The summed E-state index contributed by atoms with van der Waals surface area (Å²) in [6.45, 7) is -0.225. The van der Waals surface area contributed by atoms with Gasteiger partial charge < -0.3 is 15.2 Å². The molecule has 2 amide bonds. The lowest BCUT2D eigenvalue weighted by Crippen LogP contribution is -2.71. The number of rotatable bonds is 6. The minimum atomic E-state index is -1.17. The minimum absolute atomic E-state index is 0.0384. The Balaban J connectivity index is 1.65. The van der Waals surface area contributed by atoms with Crippen LogP contribution in [-0.4, -0.2) is 55.3 Å². The molecule has 2 aliphatic rings. The summed E-state index contributed by atoms with van der Waals surface area (Å²) in [5.41, 5.74) is 0.535. The van der Waals surface area contributed by atoms with Crippen molar-refractivity contribution in [2.24, 2.45) is 0 Å². The summed E-state index contributed by atoms with van der Waals surface area (Å²) in [6.07, 6.45) is 0. The first-order valence-corrected chi connectivity index (χ1v) is 10.5. The van der Waals surface area contributed by atoms with E-state index in [4.69, 9.17) is 4.74 Å². The van der Waals surface area contributed by atoms with Crippen LogP contribution < -0.4 is 10.1 Å². The molecule has 0 spiro atoms. The zero-order valence-corrected chi connectivity index (χ0v) is 17.2. The second-order valence-corrected chi connectivity index (χ2v) is 8.82. The number of carbonyl (C=O) groups excluding carboxylic acids is 2. The Bertz CT molecular complexity index is 773. The standard InChI is InChI=1S/C16H14Br2N2O5S/c17-6-9-12(16(23)24)20-14(22)11(15(20)26-13(9)18)19-10(21)7-25-8-4-2-1-3-5-8/h1-5,11,13,15H,6-7H2,(H,19,21)(H,23,24)/t11?,13?,15-/m0/s1. The molecule has 3 atom stereocenters. The van der Waals surface area contributed by atoms with Crippen molar-refractivity contribution in [1.29, 1.82) is 0 Å². The molecule has 2 aliphatic heterocycles. The molecule has 1 saturated heterocycles. The van der Waals surface area contributed by atoms with Crippen LogP contribution in [0.5, 0.6) is 5.75 Å². The zero-order valence-electron chi connectivity index (χ0n) is 13.2. The van der Waals surface area contributed by atoms with Gasteiger partial charge in [-0.05, 0) is 17.7 Å². The smallest absolute Gasteiger partial charge is 0.352 e. The summed E-state index contributed by atoms with van der Waals surface area (Å²) < 4.78 is 5.10. The molecule has 138 valence electrons. The van der Waals surface area contributed by atoms with Gasteiger partial charge in [0.15, 0.2) is 6.61 Å². The second-order valence-electron chi connectivity index (χ2n) is 5.51. The van der Waals surface area contributed by atoms with E-state index < -0.39 is 29.2 Å². The molecule has 7 nitrogen and oxygen atoms in total. The number of halogens is 2. The minimum Gasteiger partial charge on any atom is -0.484 e. The molecular formula is C16H14Br2N2O5S. The number of carboxylic acids is 1. The van der Waals surface area contributed by atoms with Crippen molar-refractivity contribution in [3.63, 3.8) is 0 Å². The van der Waals surface area contributed by atoms with Crippen molar-refractivity contribution >= 4 is 61.4 Å². The van der Waals surface area contributed by atoms with Crippen LogP contribution in [0.2, 0.25) is 0 Å². The molecule has 26 heavy (non-hydrogen) atoms. The summed E-state index contributed by atoms with van der Waals surface area (Å²) in [4.78, 5) is 37.3. The van der Waals surface area contributed by atoms with Gasteiger partial charge in [-0.25, -0.2) is 4.79 Å². The van der Waals surface area contributed by atoms with Gasteiger partial charge in [-0.3, -0.25) is 14.5 Å². The topological polar surface area (TPSA) is 95.9 Å². The predicted molar refractivity (Wildman–Crippen MR) is 103 cm³/mol. The van der Waals surface area contributed by atoms with Crippen LogP contribution in [0.4, 0.5) is 0 Å². The lowest BCUT2D eigenvalue weighted by Gasteiger charge is -2.50. The number of fused-ring (bicyclic) bond motifs is 1. The highest BCUT2D eigenvalue weighted by Crippen LogP contribution is 2.46. The number of hydrogen-bond donors (Lipinski definition) is 2. The van der Waals surface area contributed by atoms with Crippen molar-refractivity contribution in [1.82, 2.24) is 10.2 Å². The van der Waals surface area contributed by atoms with Crippen molar-refractivity contribution < 1.29 is 24.2 Å². The highest BCUT2D eigenvalue weighted by atomic mass is 79.9. The summed E-state index contributed by atoms with van der Waals surface area (Å²) in [5, 5.41) is 11.9. The Hall–Kier alpha value is -1.52. The third kappa shape index (κ3) is 3.63. The number of ether oxygens (including phenoxy) is 1. The largest absolute Gasteiger partial charge is 0.484 e. The number of nitrogens with zero attached hydrogens (tertiary/aromatic N) is 1. The van der Waals surface area contributed by atoms with E-state index in [-0.39, 0.29) is 16.5 Å².